The topological polar surface area (TPSA) is 26.0 Å². The van der Waals surface area contributed by atoms with E-state index >= 15 is 0 Å². The third kappa shape index (κ3) is 3.27. The predicted octanol–water partition coefficient (Wildman–Crippen LogP) is 5.98. The Balaban J connectivity index is 1.80. The van der Waals surface area contributed by atoms with E-state index in [1.54, 1.807) is 0 Å². The molecule has 1 aliphatic carbocycles. The molecule has 2 N–H and O–H groups in total. The van der Waals surface area contributed by atoms with Crippen molar-refractivity contribution < 1.29 is 0 Å². The first-order valence-electron chi connectivity index (χ1n) is 9.46. The Bertz CT molecular complexity index is 999. The largest absolute Gasteiger partial charge is 0.323 e. The molecule has 1 heteroatoms. The summed E-state index contributed by atoms with van der Waals surface area (Å²) in [6.07, 6.45) is 4.57. The van der Waals surface area contributed by atoms with Crippen LogP contribution in [0.1, 0.15) is 25.0 Å². The van der Waals surface area contributed by atoms with Gasteiger partial charge in [-0.25, -0.2) is 0 Å². The second-order valence-electron chi connectivity index (χ2n) is 7.56. The second kappa shape index (κ2) is 7.02. The maximum Gasteiger partial charge on any atom is 0.0385 e. The molecule has 3 aromatic rings. The van der Waals surface area contributed by atoms with Crippen molar-refractivity contribution in [3.05, 3.63) is 114 Å². The highest BCUT2D eigenvalue weighted by Crippen LogP contribution is 2.39. The molecule has 0 saturated heterocycles. The fraction of sp³-hybridized carbons (Fsp3) is 0.154. The van der Waals surface area contributed by atoms with Gasteiger partial charge < -0.3 is 5.73 Å². The summed E-state index contributed by atoms with van der Waals surface area (Å²) >= 11 is 0. The Morgan fingerprint density at radius 1 is 0.741 bits per heavy atom. The number of hydrogen-bond acceptors (Lipinski definition) is 1. The minimum atomic E-state index is -0.224. The number of hydrogen-bond donors (Lipinski definition) is 1. The lowest BCUT2D eigenvalue weighted by atomic mass is 9.69. The summed E-state index contributed by atoms with van der Waals surface area (Å²) in [5.41, 5.74) is 13.8. The van der Waals surface area contributed by atoms with Gasteiger partial charge in [-0.05, 0) is 40.8 Å². The Labute approximate surface area is 161 Å². The predicted molar refractivity (Wildman–Crippen MR) is 115 cm³/mol. The molecule has 2 unspecified atom stereocenters. The highest BCUT2D eigenvalue weighted by molar-refractivity contribution is 5.81. The molecule has 3 aromatic carbocycles. The highest BCUT2D eigenvalue weighted by Gasteiger charge is 2.35. The molecule has 0 aliphatic heterocycles. The van der Waals surface area contributed by atoms with Crippen LogP contribution in [0.3, 0.4) is 0 Å². The molecule has 1 aliphatic rings. The van der Waals surface area contributed by atoms with Gasteiger partial charge in [0.2, 0.25) is 0 Å². The van der Waals surface area contributed by atoms with Crippen molar-refractivity contribution in [2.75, 3.05) is 0 Å². The zero-order valence-electron chi connectivity index (χ0n) is 15.9. The highest BCUT2D eigenvalue weighted by atomic mass is 14.7. The lowest BCUT2D eigenvalue weighted by Gasteiger charge is -2.38. The SMILES string of the molecule is CC1=CC(c2cccc(-c3ccccc3)c2)=CC(C)(c2ccccc2)C1N. The minimum Gasteiger partial charge on any atom is -0.323 e. The molecule has 0 fully saturated rings. The van der Waals surface area contributed by atoms with E-state index in [2.05, 4.69) is 111 Å². The molecule has 134 valence electrons. The van der Waals surface area contributed by atoms with Crippen molar-refractivity contribution in [1.29, 1.82) is 0 Å². The van der Waals surface area contributed by atoms with Gasteiger partial charge in [0.15, 0.2) is 0 Å². The summed E-state index contributed by atoms with van der Waals surface area (Å²) in [6.45, 7) is 4.38. The van der Waals surface area contributed by atoms with E-state index in [4.69, 9.17) is 5.73 Å². The molecule has 0 spiro atoms. The summed E-state index contributed by atoms with van der Waals surface area (Å²) in [4.78, 5) is 0. The minimum absolute atomic E-state index is 0.0269. The van der Waals surface area contributed by atoms with E-state index in [1.807, 2.05) is 0 Å². The van der Waals surface area contributed by atoms with Crippen LogP contribution in [0.15, 0.2) is 103 Å². The average molecular weight is 351 g/mol. The summed E-state index contributed by atoms with van der Waals surface area (Å²) < 4.78 is 0. The zero-order valence-corrected chi connectivity index (χ0v) is 15.9. The van der Waals surface area contributed by atoms with E-state index in [1.165, 1.54) is 33.4 Å². The normalized spacial score (nSPS) is 22.1. The monoisotopic (exact) mass is 351 g/mol. The van der Waals surface area contributed by atoms with E-state index in [0.717, 1.165) is 0 Å². The fourth-order valence-electron chi connectivity index (χ4n) is 4.00. The Morgan fingerprint density at radius 3 is 2.04 bits per heavy atom. The fourth-order valence-corrected chi connectivity index (χ4v) is 4.00. The summed E-state index contributed by atoms with van der Waals surface area (Å²) in [5, 5.41) is 0. The van der Waals surface area contributed by atoms with Gasteiger partial charge in [-0.1, -0.05) is 104 Å². The lowest BCUT2D eigenvalue weighted by molar-refractivity contribution is 0.502. The van der Waals surface area contributed by atoms with Crippen LogP contribution in [0.5, 0.6) is 0 Å². The lowest BCUT2D eigenvalue weighted by Crippen LogP contribution is -2.44. The molecule has 0 amide bonds. The number of allylic oxidation sites excluding steroid dienone is 2. The number of rotatable bonds is 3. The smallest absolute Gasteiger partial charge is 0.0385 e. The Hall–Kier alpha value is -2.90. The van der Waals surface area contributed by atoms with Gasteiger partial charge in [0, 0.05) is 11.5 Å². The molecule has 27 heavy (non-hydrogen) atoms. The van der Waals surface area contributed by atoms with Gasteiger partial charge in [-0.3, -0.25) is 0 Å². The molecular formula is C26H25N. The van der Waals surface area contributed by atoms with E-state index in [9.17, 15) is 0 Å². The average Bonchev–Trinajstić information content (AvgIpc) is 2.73. The zero-order chi connectivity index (χ0) is 18.9. The van der Waals surface area contributed by atoms with Crippen LogP contribution in [0, 0.1) is 0 Å². The molecule has 0 radical (unpaired) electrons. The molecular weight excluding hydrogens is 326 g/mol. The van der Waals surface area contributed by atoms with Crippen molar-refractivity contribution in [3.63, 3.8) is 0 Å². The van der Waals surface area contributed by atoms with Gasteiger partial charge >= 0.3 is 0 Å². The standard InChI is InChI=1S/C26H25N/c1-19-16-23(18-26(2,25(19)27)24-14-7-4-8-15-24)22-13-9-12-21(17-22)20-10-5-3-6-11-20/h3-18,25H,27H2,1-2H3. The molecule has 0 bridgehead atoms. The number of benzene rings is 3. The Kier molecular flexibility index (Phi) is 4.55. The van der Waals surface area contributed by atoms with E-state index in [-0.39, 0.29) is 11.5 Å². The van der Waals surface area contributed by atoms with Gasteiger partial charge in [0.05, 0.1) is 0 Å². The first-order valence-corrected chi connectivity index (χ1v) is 9.46. The summed E-state index contributed by atoms with van der Waals surface area (Å²) in [7, 11) is 0. The second-order valence-corrected chi connectivity index (χ2v) is 7.56. The van der Waals surface area contributed by atoms with Gasteiger partial charge in [-0.2, -0.15) is 0 Å². The Morgan fingerprint density at radius 2 is 1.33 bits per heavy atom. The van der Waals surface area contributed by atoms with Crippen molar-refractivity contribution in [3.8, 4) is 11.1 Å². The van der Waals surface area contributed by atoms with Gasteiger partial charge in [-0.15, -0.1) is 0 Å². The third-order valence-electron chi connectivity index (χ3n) is 5.67. The summed E-state index contributed by atoms with van der Waals surface area (Å²) in [5.74, 6) is 0. The maximum absolute atomic E-state index is 6.64. The maximum atomic E-state index is 6.64. The first-order chi connectivity index (χ1) is 13.1. The van der Waals surface area contributed by atoms with Crippen LogP contribution < -0.4 is 5.73 Å². The van der Waals surface area contributed by atoms with Crippen LogP contribution >= 0.6 is 0 Å². The number of nitrogens with two attached hydrogens (primary N) is 1. The van der Waals surface area contributed by atoms with Crippen LogP contribution in [0.25, 0.3) is 16.7 Å². The molecule has 1 nitrogen and oxygen atoms in total. The van der Waals surface area contributed by atoms with Crippen molar-refractivity contribution >= 4 is 5.57 Å². The van der Waals surface area contributed by atoms with Crippen LogP contribution in [0.4, 0.5) is 0 Å². The van der Waals surface area contributed by atoms with Gasteiger partial charge in [0.1, 0.15) is 0 Å². The first kappa shape index (κ1) is 17.5. The quantitative estimate of drug-likeness (QED) is 0.617. The van der Waals surface area contributed by atoms with E-state index in [0.29, 0.717) is 0 Å². The molecule has 2 atom stereocenters. The van der Waals surface area contributed by atoms with Crippen molar-refractivity contribution in [2.24, 2.45) is 5.73 Å². The van der Waals surface area contributed by atoms with Crippen LogP contribution in [-0.2, 0) is 5.41 Å². The molecule has 0 heterocycles. The van der Waals surface area contributed by atoms with Crippen LogP contribution in [-0.4, -0.2) is 6.04 Å². The van der Waals surface area contributed by atoms with Gasteiger partial charge in [0.25, 0.3) is 0 Å². The van der Waals surface area contributed by atoms with E-state index < -0.39 is 0 Å². The molecule has 4 rings (SSSR count). The van der Waals surface area contributed by atoms with Crippen molar-refractivity contribution in [2.45, 2.75) is 25.3 Å². The third-order valence-corrected chi connectivity index (χ3v) is 5.67. The van der Waals surface area contributed by atoms with Crippen molar-refractivity contribution in [1.82, 2.24) is 0 Å². The molecule has 0 saturated carbocycles. The summed E-state index contributed by atoms with van der Waals surface area (Å²) in [6, 6.07) is 29.8. The van der Waals surface area contributed by atoms with Crippen LogP contribution in [0.2, 0.25) is 0 Å². The molecule has 0 aromatic heterocycles.